The summed E-state index contributed by atoms with van der Waals surface area (Å²) in [6, 6.07) is 6.76. The number of hydrogen-bond acceptors (Lipinski definition) is 6. The largest absolute Gasteiger partial charge is 0.477 e. The molecule has 0 aliphatic rings. The molecule has 0 bridgehead atoms. The molecule has 0 saturated carbocycles. The number of Topliss-reactive ketones (excluding diaryl/α,β-unsaturated/α-hetero) is 1. The highest BCUT2D eigenvalue weighted by atomic mass is 127. The number of ketones is 1. The van der Waals surface area contributed by atoms with Crippen molar-refractivity contribution in [2.45, 2.75) is 20.3 Å². The summed E-state index contributed by atoms with van der Waals surface area (Å²) < 4.78 is 6.27. The molecule has 0 amide bonds. The van der Waals surface area contributed by atoms with Crippen LogP contribution >= 0.6 is 45.2 Å². The Hall–Kier alpha value is -1.63. The van der Waals surface area contributed by atoms with Crippen LogP contribution < -0.4 is 0 Å². The number of esters is 1. The summed E-state index contributed by atoms with van der Waals surface area (Å²) in [5.74, 6) is -1.51. The molecule has 0 aromatic carbocycles. The Labute approximate surface area is 178 Å². The minimum absolute atomic E-state index is 0. The zero-order chi connectivity index (χ0) is 18.8. The van der Waals surface area contributed by atoms with E-state index in [9.17, 15) is 14.4 Å². The molecule has 9 heteroatoms. The van der Waals surface area contributed by atoms with Crippen LogP contribution in [0.25, 0.3) is 0 Å². The highest BCUT2D eigenvalue weighted by molar-refractivity contribution is 14.1. The summed E-state index contributed by atoms with van der Waals surface area (Å²) >= 11 is 4.14. The zero-order valence-electron chi connectivity index (χ0n) is 13.1. The number of pyridine rings is 2. The summed E-state index contributed by atoms with van der Waals surface area (Å²) in [5, 5.41) is 8.44. The molecule has 0 saturated heterocycles. The van der Waals surface area contributed by atoms with Crippen molar-refractivity contribution in [3.05, 3.63) is 55.2 Å². The first kappa shape index (κ1) is 24.4. The second kappa shape index (κ2) is 12.7. The van der Waals surface area contributed by atoms with Gasteiger partial charge in [-0.05, 0) is 69.4 Å². The first-order chi connectivity index (χ1) is 11.8. The van der Waals surface area contributed by atoms with Crippen LogP contribution in [0.3, 0.4) is 0 Å². The summed E-state index contributed by atoms with van der Waals surface area (Å²) in [4.78, 5) is 40.2. The Morgan fingerprint density at radius 3 is 1.92 bits per heavy atom. The molecule has 2 aromatic heterocycles. The molecule has 7 nitrogen and oxygen atoms in total. The van der Waals surface area contributed by atoms with Crippen LogP contribution in [0.5, 0.6) is 0 Å². The lowest BCUT2D eigenvalue weighted by Gasteiger charge is -2.00. The fourth-order valence-corrected chi connectivity index (χ4v) is 2.44. The van der Waals surface area contributed by atoms with E-state index >= 15 is 0 Å². The third-order valence-corrected chi connectivity index (χ3v) is 4.07. The lowest BCUT2D eigenvalue weighted by Crippen LogP contribution is -2.07. The molecule has 140 valence electrons. The zero-order valence-corrected chi connectivity index (χ0v) is 17.4. The van der Waals surface area contributed by atoms with E-state index in [1.807, 2.05) is 22.6 Å². The maximum atomic E-state index is 11.5. The smallest absolute Gasteiger partial charge is 0.354 e. The van der Waals surface area contributed by atoms with Crippen LogP contribution in [0.1, 0.15) is 41.2 Å². The number of aromatic nitrogens is 2. The molecule has 2 heterocycles. The topological polar surface area (TPSA) is 106 Å². The van der Waals surface area contributed by atoms with Gasteiger partial charge in [0.05, 0.1) is 13.5 Å². The molecule has 1 N–H and O–H groups in total. The minimum atomic E-state index is -0.987. The Kier molecular flexibility index (Phi) is 11.9. The number of methoxy groups -OCH3 is 1. The number of ether oxygens (including phenoxy) is 1. The number of aromatic carboxylic acids is 1. The van der Waals surface area contributed by atoms with Gasteiger partial charge in [-0.3, -0.25) is 14.6 Å². The average molecular weight is 584 g/mol. The average Bonchev–Trinajstić information content (AvgIpc) is 2.59. The van der Waals surface area contributed by atoms with Crippen molar-refractivity contribution in [1.82, 2.24) is 9.97 Å². The van der Waals surface area contributed by atoms with Crippen LogP contribution in [0.4, 0.5) is 0 Å². The molecule has 26 heavy (non-hydrogen) atoms. The Morgan fingerprint density at radius 1 is 1.00 bits per heavy atom. The number of hydrogen-bond donors (Lipinski definition) is 1. The Bertz CT molecular complexity index is 768. The maximum absolute atomic E-state index is 11.5. The van der Waals surface area contributed by atoms with Gasteiger partial charge in [0.25, 0.3) is 0 Å². The molecule has 0 atom stereocenters. The summed E-state index contributed by atoms with van der Waals surface area (Å²) in [5.41, 5.74) is 0.484. The van der Waals surface area contributed by atoms with Gasteiger partial charge in [0.1, 0.15) is 11.4 Å². The van der Waals surface area contributed by atoms with E-state index in [1.165, 1.54) is 19.4 Å². The van der Waals surface area contributed by atoms with Crippen LogP contribution in [0, 0.1) is 7.14 Å². The Balaban J connectivity index is 0.000000497. The van der Waals surface area contributed by atoms with E-state index in [1.54, 1.807) is 24.4 Å². The van der Waals surface area contributed by atoms with Gasteiger partial charge in [0.15, 0.2) is 5.78 Å². The van der Waals surface area contributed by atoms with Gasteiger partial charge in [-0.2, -0.15) is 0 Å². The summed E-state index contributed by atoms with van der Waals surface area (Å²) in [6.07, 6.45) is 3.29. The number of halogens is 2. The van der Waals surface area contributed by atoms with E-state index in [-0.39, 0.29) is 37.7 Å². The van der Waals surface area contributed by atoms with E-state index in [2.05, 4.69) is 37.3 Å². The number of rotatable bonds is 5. The van der Waals surface area contributed by atoms with Gasteiger partial charge < -0.3 is 9.84 Å². The quantitative estimate of drug-likeness (QED) is 0.324. The van der Waals surface area contributed by atoms with E-state index in [0.29, 0.717) is 5.69 Å². The monoisotopic (exact) mass is 584 g/mol. The van der Waals surface area contributed by atoms with Crippen molar-refractivity contribution in [2.75, 3.05) is 7.11 Å². The molecule has 0 spiro atoms. The predicted octanol–water partition coefficient (Wildman–Crippen LogP) is 3.84. The van der Waals surface area contributed by atoms with Gasteiger partial charge in [0, 0.05) is 26.0 Å². The van der Waals surface area contributed by atoms with E-state index < -0.39 is 5.97 Å². The molecule has 0 radical (unpaired) electrons. The van der Waals surface area contributed by atoms with Crippen molar-refractivity contribution in [3.63, 3.8) is 0 Å². The van der Waals surface area contributed by atoms with Gasteiger partial charge in [0.2, 0.25) is 0 Å². The minimum Gasteiger partial charge on any atom is -0.477 e. The number of nitrogens with zero attached hydrogens (tertiary/aromatic N) is 2. The highest BCUT2D eigenvalue weighted by Gasteiger charge is 2.10. The SMILES string of the molecule is C.COC(=O)CCC(=O)c1cc(I)ccn1.O=C(O)c1cc(I)ccn1. The molecule has 0 aliphatic carbocycles. The maximum Gasteiger partial charge on any atom is 0.354 e. The third kappa shape index (κ3) is 9.17. The second-order valence-corrected chi connectivity index (χ2v) is 7.01. The van der Waals surface area contributed by atoms with Crippen molar-refractivity contribution >= 4 is 62.9 Å². The number of carbonyl (C=O) groups excluding carboxylic acids is 2. The molecule has 2 rings (SSSR count). The summed E-state index contributed by atoms with van der Waals surface area (Å²) in [6.45, 7) is 0. The fraction of sp³-hybridized carbons (Fsp3) is 0.235. The van der Waals surface area contributed by atoms with Crippen LogP contribution in [0.15, 0.2) is 36.7 Å². The van der Waals surface area contributed by atoms with Crippen LogP contribution in [-0.4, -0.2) is 39.9 Å². The van der Waals surface area contributed by atoms with Crippen molar-refractivity contribution in [1.29, 1.82) is 0 Å². The first-order valence-electron chi connectivity index (χ1n) is 6.90. The Morgan fingerprint density at radius 2 is 1.50 bits per heavy atom. The number of carboxylic acids is 1. The number of carbonyl (C=O) groups is 3. The summed E-state index contributed by atoms with van der Waals surface area (Å²) in [7, 11) is 1.30. The van der Waals surface area contributed by atoms with Crippen molar-refractivity contribution in [3.8, 4) is 0 Å². The van der Waals surface area contributed by atoms with E-state index in [0.717, 1.165) is 7.14 Å². The number of carboxylic acid groups (broad SMARTS) is 1. The molecular weight excluding hydrogens is 566 g/mol. The molecule has 2 aromatic rings. The van der Waals surface area contributed by atoms with E-state index in [4.69, 9.17) is 5.11 Å². The van der Waals surface area contributed by atoms with Gasteiger partial charge in [-0.15, -0.1) is 0 Å². The standard InChI is InChI=1S/C10H10INO3.C6H4INO2.CH4/c1-15-10(14)3-2-9(13)8-6-7(11)4-5-12-8;7-4-1-2-8-5(3-4)6(9)10;/h4-6H,2-3H2,1H3;1-3H,(H,9,10);1H4. The lowest BCUT2D eigenvalue weighted by atomic mass is 10.1. The lowest BCUT2D eigenvalue weighted by molar-refractivity contribution is -0.140. The molecule has 0 fully saturated rings. The fourth-order valence-electron chi connectivity index (χ4n) is 1.52. The highest BCUT2D eigenvalue weighted by Crippen LogP contribution is 2.08. The molecule has 0 unspecified atom stereocenters. The molecular formula is C17H18I2N2O5. The van der Waals surface area contributed by atoms with Crippen LogP contribution in [0.2, 0.25) is 0 Å². The van der Waals surface area contributed by atoms with Gasteiger partial charge >= 0.3 is 11.9 Å². The van der Waals surface area contributed by atoms with Crippen molar-refractivity contribution < 1.29 is 24.2 Å². The van der Waals surface area contributed by atoms with Gasteiger partial charge in [-0.1, -0.05) is 7.43 Å². The first-order valence-corrected chi connectivity index (χ1v) is 9.05. The van der Waals surface area contributed by atoms with Gasteiger partial charge in [-0.25, -0.2) is 9.78 Å². The third-order valence-electron chi connectivity index (χ3n) is 2.73. The second-order valence-electron chi connectivity index (χ2n) is 4.52. The predicted molar refractivity (Wildman–Crippen MR) is 113 cm³/mol. The van der Waals surface area contributed by atoms with Crippen molar-refractivity contribution in [2.24, 2.45) is 0 Å². The normalized spacial score (nSPS) is 9.19. The molecule has 0 aliphatic heterocycles. The van der Waals surface area contributed by atoms with Crippen LogP contribution in [-0.2, 0) is 9.53 Å².